The van der Waals surface area contributed by atoms with E-state index in [-0.39, 0.29) is 5.70 Å². The molecule has 0 saturated carbocycles. The molecule has 0 bridgehead atoms. The highest BCUT2D eigenvalue weighted by molar-refractivity contribution is 5.88. The Morgan fingerprint density at radius 1 is 1.60 bits per heavy atom. The molecule has 0 aromatic heterocycles. The Hall–Kier alpha value is -1.45. The molecular weight excluding hydrogens is 132 g/mol. The molecule has 0 radical (unpaired) electrons. The van der Waals surface area contributed by atoms with Crippen LogP contribution in [0.1, 0.15) is 0 Å². The highest BCUT2D eigenvalue weighted by Crippen LogP contribution is 1.97. The first-order valence-corrected chi connectivity index (χ1v) is 2.47. The van der Waals surface area contributed by atoms with E-state index in [2.05, 4.69) is 28.2 Å². The van der Waals surface area contributed by atoms with Crippen LogP contribution >= 0.6 is 0 Å². The van der Waals surface area contributed by atoms with E-state index in [0.29, 0.717) is 0 Å². The zero-order chi connectivity index (χ0) is 7.98. The van der Waals surface area contributed by atoms with Gasteiger partial charge in [-0.1, -0.05) is 0 Å². The number of carbonyl (C=O) groups excluding carboxylic acids is 1. The van der Waals surface area contributed by atoms with E-state index in [9.17, 15) is 4.79 Å². The first-order chi connectivity index (χ1) is 4.76. The van der Waals surface area contributed by atoms with E-state index in [1.165, 1.54) is 13.3 Å². The van der Waals surface area contributed by atoms with Gasteiger partial charge in [0.05, 0.1) is 13.3 Å². The van der Waals surface area contributed by atoms with Crippen molar-refractivity contribution >= 4 is 19.4 Å². The summed E-state index contributed by atoms with van der Waals surface area (Å²) in [4.78, 5) is 17.3. The molecule has 0 heterocycles. The van der Waals surface area contributed by atoms with Gasteiger partial charge >= 0.3 is 5.97 Å². The predicted octanol–water partition coefficient (Wildman–Crippen LogP) is 0.402. The Kier molecular flexibility index (Phi) is 3.79. The minimum Gasteiger partial charge on any atom is -0.464 e. The van der Waals surface area contributed by atoms with Gasteiger partial charge in [0.1, 0.15) is 0 Å². The van der Waals surface area contributed by atoms with E-state index in [1.807, 2.05) is 0 Å². The number of hydrogen-bond donors (Lipinski definition) is 0. The highest BCUT2D eigenvalue weighted by Gasteiger charge is 2.04. The fraction of sp³-hybridized carbons (Fsp3) is 0.167. The van der Waals surface area contributed by atoms with Crippen LogP contribution in [0.2, 0.25) is 0 Å². The number of esters is 1. The Labute approximate surface area is 58.9 Å². The molecule has 10 heavy (non-hydrogen) atoms. The summed E-state index contributed by atoms with van der Waals surface area (Å²) < 4.78 is 4.33. The average Bonchev–Trinajstić information content (AvgIpc) is 1.99. The molecule has 0 saturated heterocycles. The second kappa shape index (κ2) is 4.43. The number of nitrogens with zero attached hydrogens (tertiary/aromatic N) is 2. The zero-order valence-electron chi connectivity index (χ0n) is 5.70. The fourth-order valence-electron chi connectivity index (χ4n) is 0.349. The van der Waals surface area contributed by atoms with Crippen LogP contribution in [-0.4, -0.2) is 26.5 Å². The van der Waals surface area contributed by atoms with Crippen LogP contribution in [0.5, 0.6) is 0 Å². The summed E-state index contributed by atoms with van der Waals surface area (Å²) in [5, 5.41) is 0. The fourth-order valence-corrected chi connectivity index (χ4v) is 0.349. The van der Waals surface area contributed by atoms with Gasteiger partial charge in [0.25, 0.3) is 0 Å². The molecule has 0 fully saturated rings. The van der Waals surface area contributed by atoms with Gasteiger partial charge in [-0.2, -0.15) is 0 Å². The molecule has 0 aliphatic heterocycles. The van der Waals surface area contributed by atoms with Crippen molar-refractivity contribution < 1.29 is 9.53 Å². The molecule has 0 aliphatic carbocycles. The monoisotopic (exact) mass is 140 g/mol. The van der Waals surface area contributed by atoms with Crippen LogP contribution < -0.4 is 0 Å². The largest absolute Gasteiger partial charge is 0.464 e. The van der Waals surface area contributed by atoms with Crippen molar-refractivity contribution in [2.75, 3.05) is 7.11 Å². The maximum absolute atomic E-state index is 10.6. The maximum atomic E-state index is 10.6. The zero-order valence-corrected chi connectivity index (χ0v) is 5.70. The summed E-state index contributed by atoms with van der Waals surface area (Å²) in [7, 11) is 1.25. The summed E-state index contributed by atoms with van der Waals surface area (Å²) in [6.45, 7) is 6.28. The van der Waals surface area contributed by atoms with Crippen LogP contribution in [0.15, 0.2) is 21.9 Å². The average molecular weight is 140 g/mol. The minimum absolute atomic E-state index is 0.0532. The first-order valence-electron chi connectivity index (χ1n) is 2.47. The Balaban J connectivity index is 4.34. The Morgan fingerprint density at radius 2 is 2.20 bits per heavy atom. The van der Waals surface area contributed by atoms with Gasteiger partial charge in [-0.3, -0.25) is 9.98 Å². The smallest absolute Gasteiger partial charge is 0.358 e. The molecule has 4 nitrogen and oxygen atoms in total. The lowest BCUT2D eigenvalue weighted by molar-refractivity contribution is -0.136. The van der Waals surface area contributed by atoms with Gasteiger partial charge in [-0.15, -0.1) is 0 Å². The summed E-state index contributed by atoms with van der Waals surface area (Å²) in [5.41, 5.74) is 0.0532. The van der Waals surface area contributed by atoms with Crippen molar-refractivity contribution in [1.82, 2.24) is 0 Å². The molecule has 0 unspecified atom stereocenters. The Bertz CT molecular complexity index is 184. The third kappa shape index (κ3) is 2.21. The van der Waals surface area contributed by atoms with E-state index < -0.39 is 5.97 Å². The topological polar surface area (TPSA) is 51.0 Å². The van der Waals surface area contributed by atoms with Crippen LogP contribution in [0.25, 0.3) is 0 Å². The van der Waals surface area contributed by atoms with Gasteiger partial charge in [0.15, 0.2) is 5.70 Å². The van der Waals surface area contributed by atoms with Crippen molar-refractivity contribution in [3.63, 3.8) is 0 Å². The lowest BCUT2D eigenvalue weighted by atomic mass is 10.5. The van der Waals surface area contributed by atoms with Crippen molar-refractivity contribution in [1.29, 1.82) is 0 Å². The van der Waals surface area contributed by atoms with E-state index in [0.717, 1.165) is 0 Å². The van der Waals surface area contributed by atoms with Crippen molar-refractivity contribution in [3.05, 3.63) is 11.9 Å². The van der Waals surface area contributed by atoms with Crippen LogP contribution in [-0.2, 0) is 9.53 Å². The summed E-state index contributed by atoms with van der Waals surface area (Å²) in [6.07, 6.45) is 1.18. The molecule has 0 aromatic rings. The molecule has 0 amide bonds. The van der Waals surface area contributed by atoms with Crippen molar-refractivity contribution in [3.8, 4) is 0 Å². The standard InChI is InChI=1S/C6H8N2O2/c1-7-4-5(8-2)6(9)10-3/h4H,1-2H2,3H3. The molecule has 0 N–H and O–H groups in total. The third-order valence-electron chi connectivity index (χ3n) is 0.778. The van der Waals surface area contributed by atoms with Gasteiger partial charge in [0, 0.05) is 0 Å². The normalized spacial score (nSPS) is 10.3. The minimum atomic E-state index is -0.567. The number of carbonyl (C=O) groups is 1. The third-order valence-corrected chi connectivity index (χ3v) is 0.778. The number of hydrogen-bond acceptors (Lipinski definition) is 4. The van der Waals surface area contributed by atoms with Gasteiger partial charge in [0.2, 0.25) is 0 Å². The molecule has 0 rings (SSSR count). The van der Waals surface area contributed by atoms with Crippen molar-refractivity contribution in [2.45, 2.75) is 0 Å². The van der Waals surface area contributed by atoms with Crippen LogP contribution in [0, 0.1) is 0 Å². The molecule has 54 valence electrons. The Morgan fingerprint density at radius 3 is 2.50 bits per heavy atom. The molecule has 4 heteroatoms. The highest BCUT2D eigenvalue weighted by atomic mass is 16.5. The molecule has 0 aromatic carbocycles. The van der Waals surface area contributed by atoms with E-state index >= 15 is 0 Å². The van der Waals surface area contributed by atoms with E-state index in [4.69, 9.17) is 0 Å². The second-order valence-corrected chi connectivity index (χ2v) is 1.35. The summed E-state index contributed by atoms with van der Waals surface area (Å²) in [5.74, 6) is -0.567. The van der Waals surface area contributed by atoms with E-state index in [1.54, 1.807) is 0 Å². The number of rotatable bonds is 3. The summed E-state index contributed by atoms with van der Waals surface area (Å²) in [6, 6.07) is 0. The molecule has 0 atom stereocenters. The lowest BCUT2D eigenvalue weighted by Crippen LogP contribution is -2.01. The van der Waals surface area contributed by atoms with Crippen LogP contribution in [0.4, 0.5) is 0 Å². The number of aliphatic imine (C=N–C) groups is 2. The van der Waals surface area contributed by atoms with Gasteiger partial charge in [-0.05, 0) is 13.4 Å². The number of methoxy groups -OCH3 is 1. The maximum Gasteiger partial charge on any atom is 0.358 e. The molecule has 0 aliphatic rings. The van der Waals surface area contributed by atoms with Gasteiger partial charge in [-0.25, -0.2) is 4.79 Å². The lowest BCUT2D eigenvalue weighted by Gasteiger charge is -1.94. The molecule has 0 spiro atoms. The second-order valence-electron chi connectivity index (χ2n) is 1.35. The SMILES string of the molecule is C=NC=C(N=C)C(=O)OC. The van der Waals surface area contributed by atoms with Gasteiger partial charge < -0.3 is 4.74 Å². The predicted molar refractivity (Wildman–Crippen MR) is 39.2 cm³/mol. The first kappa shape index (κ1) is 8.55. The number of ether oxygens (including phenoxy) is 1. The van der Waals surface area contributed by atoms with Crippen molar-refractivity contribution in [2.24, 2.45) is 9.98 Å². The quantitative estimate of drug-likeness (QED) is 0.323. The summed E-state index contributed by atoms with van der Waals surface area (Å²) >= 11 is 0. The van der Waals surface area contributed by atoms with Crippen LogP contribution in [0.3, 0.4) is 0 Å². The molecular formula is C6H8N2O2.